The number of anilines is 2. The first kappa shape index (κ1) is 35.1. The molecule has 4 fully saturated rings. The average Bonchev–Trinajstić information content (AvgIpc) is 3.85. The Morgan fingerprint density at radius 1 is 1.17 bits per heavy atom. The molecule has 280 valence electrons. The zero-order chi connectivity index (χ0) is 37.5. The van der Waals surface area contributed by atoms with Crippen LogP contribution in [0.5, 0.6) is 6.01 Å². The zero-order valence-electron chi connectivity index (χ0n) is 29.5. The van der Waals surface area contributed by atoms with Crippen molar-refractivity contribution in [3.63, 3.8) is 0 Å². The SMILES string of the molecule is Cc1nccn1C(=O)N1CC2(CCCCN(c3nc(OC[C@@]45CCCN4C[C@H](F)C5)nc4c(F)c(-c5ccc(F)c6sc(N)c(C#N)c56)c(Cl)cc34)C2)C1. The van der Waals surface area contributed by atoms with Crippen LogP contribution in [0.4, 0.5) is 28.8 Å². The van der Waals surface area contributed by atoms with Gasteiger partial charge in [0.25, 0.3) is 0 Å². The van der Waals surface area contributed by atoms with E-state index in [4.69, 9.17) is 27.1 Å². The third-order valence-electron chi connectivity index (χ3n) is 11.8. The molecule has 4 aliphatic heterocycles. The number of nitrogens with two attached hydrogens (primary N) is 1. The van der Waals surface area contributed by atoms with E-state index in [1.807, 2.05) is 11.0 Å². The van der Waals surface area contributed by atoms with Crippen LogP contribution >= 0.6 is 22.9 Å². The number of hydrogen-bond donors (Lipinski definition) is 1. The first-order valence-corrected chi connectivity index (χ1v) is 19.4. The Kier molecular flexibility index (Phi) is 8.44. The monoisotopic (exact) mass is 775 g/mol. The number of rotatable bonds is 5. The molecule has 3 aromatic heterocycles. The summed E-state index contributed by atoms with van der Waals surface area (Å²) in [6, 6.07) is 6.09. The van der Waals surface area contributed by atoms with Gasteiger partial charge in [-0.2, -0.15) is 15.2 Å². The average molecular weight is 776 g/mol. The van der Waals surface area contributed by atoms with Gasteiger partial charge in [-0.15, -0.1) is 11.3 Å². The second kappa shape index (κ2) is 13.0. The highest BCUT2D eigenvalue weighted by Crippen LogP contribution is 2.47. The summed E-state index contributed by atoms with van der Waals surface area (Å²) in [5, 5.41) is 10.6. The Hall–Kier alpha value is -4.65. The summed E-state index contributed by atoms with van der Waals surface area (Å²) in [4.78, 5) is 33.1. The Morgan fingerprint density at radius 2 is 2.00 bits per heavy atom. The van der Waals surface area contributed by atoms with Gasteiger partial charge in [-0.05, 0) is 56.8 Å². The first-order chi connectivity index (χ1) is 26.0. The van der Waals surface area contributed by atoms with Crippen LogP contribution in [-0.2, 0) is 0 Å². The smallest absolute Gasteiger partial charge is 0.329 e. The topological polar surface area (TPSA) is 129 Å². The lowest BCUT2D eigenvalue weighted by Gasteiger charge is -2.51. The fourth-order valence-electron chi connectivity index (χ4n) is 9.30. The van der Waals surface area contributed by atoms with Crippen LogP contribution in [0, 0.1) is 35.3 Å². The molecule has 2 N–H and O–H groups in total. The number of alkyl halides is 1. The van der Waals surface area contributed by atoms with E-state index in [9.17, 15) is 14.4 Å². The minimum atomic E-state index is -0.957. The number of fused-ring (bicyclic) bond motifs is 3. The number of hydrogen-bond acceptors (Lipinski definition) is 10. The molecule has 2 atom stereocenters. The number of ether oxygens (including phenoxy) is 1. The zero-order valence-corrected chi connectivity index (χ0v) is 31.1. The number of likely N-dealkylation sites (tertiary alicyclic amines) is 1. The molecular weight excluding hydrogens is 739 g/mol. The Morgan fingerprint density at radius 3 is 2.78 bits per heavy atom. The van der Waals surface area contributed by atoms with E-state index >= 15 is 8.78 Å². The molecule has 0 bridgehead atoms. The first-order valence-electron chi connectivity index (χ1n) is 18.2. The standard InChI is InChI=1S/C38H37ClF3N9O2S/c1-21-45-9-12-51(21)36(52)49-18-37(19-49)7-2-3-10-48(17-37)34-24-13-26(39)29(23-5-6-27(41)32-28(23)25(15-43)33(44)54-32)30(42)31(24)46-35(47-34)53-20-38-8-4-11-50(38)16-22(40)14-38/h5-6,9,12-13,22H,2-4,7-8,10-11,14,16-20,44H2,1H3/t22-,38+/m1/s1. The summed E-state index contributed by atoms with van der Waals surface area (Å²) in [6.07, 6.45) is 7.03. The van der Waals surface area contributed by atoms with Crippen molar-refractivity contribution < 1.29 is 22.7 Å². The van der Waals surface area contributed by atoms with Crippen LogP contribution < -0.4 is 15.4 Å². The number of nitrogens with zero attached hydrogens (tertiary/aromatic N) is 8. The summed E-state index contributed by atoms with van der Waals surface area (Å²) in [5.74, 6) is -0.303. The minimum absolute atomic E-state index is 0.0289. The van der Waals surface area contributed by atoms with Crippen molar-refractivity contribution in [2.75, 3.05) is 56.5 Å². The van der Waals surface area contributed by atoms with Crippen LogP contribution in [0.15, 0.2) is 30.6 Å². The molecule has 5 aromatic rings. The molecule has 1 spiro atoms. The molecule has 4 aliphatic rings. The number of amides is 1. The van der Waals surface area contributed by atoms with Crippen LogP contribution in [0.1, 0.15) is 49.9 Å². The third kappa shape index (κ3) is 5.55. The molecule has 2 aromatic carbocycles. The lowest BCUT2D eigenvalue weighted by molar-refractivity contribution is 0.0325. The van der Waals surface area contributed by atoms with Gasteiger partial charge in [0.15, 0.2) is 5.82 Å². The maximum Gasteiger partial charge on any atom is 0.329 e. The Bertz CT molecular complexity index is 2390. The van der Waals surface area contributed by atoms with Gasteiger partial charge in [0.1, 0.15) is 46.8 Å². The summed E-state index contributed by atoms with van der Waals surface area (Å²) in [7, 11) is 0. The second-order valence-electron chi connectivity index (χ2n) is 15.3. The van der Waals surface area contributed by atoms with Gasteiger partial charge < -0.3 is 20.3 Å². The van der Waals surface area contributed by atoms with Gasteiger partial charge in [-0.1, -0.05) is 24.1 Å². The molecular formula is C38H37ClF3N9O2S. The molecule has 0 radical (unpaired) electrons. The normalized spacial score (nSPS) is 22.5. The summed E-state index contributed by atoms with van der Waals surface area (Å²) in [5.41, 5.74) is 5.55. The number of thiophene rings is 1. The van der Waals surface area contributed by atoms with Crippen molar-refractivity contribution in [3.8, 4) is 23.2 Å². The Balaban J connectivity index is 1.14. The summed E-state index contributed by atoms with van der Waals surface area (Å²) < 4.78 is 55.0. The van der Waals surface area contributed by atoms with Crippen molar-refractivity contribution in [2.45, 2.75) is 57.2 Å². The molecule has 0 saturated carbocycles. The van der Waals surface area contributed by atoms with Crippen LogP contribution in [0.3, 0.4) is 0 Å². The van der Waals surface area contributed by atoms with Crippen LogP contribution in [0.25, 0.3) is 32.1 Å². The summed E-state index contributed by atoms with van der Waals surface area (Å²) >= 11 is 7.87. The van der Waals surface area contributed by atoms with Crippen molar-refractivity contribution in [3.05, 3.63) is 58.6 Å². The van der Waals surface area contributed by atoms with Crippen molar-refractivity contribution in [1.29, 1.82) is 5.26 Å². The molecule has 1 amide bonds. The number of carbonyl (C=O) groups excluding carboxylic acids is 1. The number of aryl methyl sites for hydroxylation is 1. The highest BCUT2D eigenvalue weighted by Gasteiger charge is 2.50. The number of benzene rings is 2. The molecule has 9 rings (SSSR count). The number of nitriles is 1. The quantitative estimate of drug-likeness (QED) is 0.195. The maximum atomic E-state index is 17.3. The number of halogens is 4. The maximum absolute atomic E-state index is 17.3. The van der Waals surface area contributed by atoms with Gasteiger partial charge >= 0.3 is 12.0 Å². The van der Waals surface area contributed by atoms with Gasteiger partial charge in [-0.3, -0.25) is 9.47 Å². The number of imidazole rings is 1. The number of aromatic nitrogens is 4. The molecule has 54 heavy (non-hydrogen) atoms. The number of nitrogen functional groups attached to an aromatic ring is 1. The second-order valence-corrected chi connectivity index (χ2v) is 16.7. The van der Waals surface area contributed by atoms with Crippen molar-refractivity contribution >= 4 is 60.8 Å². The van der Waals surface area contributed by atoms with Gasteiger partial charge in [0.05, 0.1) is 20.8 Å². The fraction of sp³-hybridized carbons (Fsp3) is 0.447. The largest absolute Gasteiger partial charge is 0.461 e. The summed E-state index contributed by atoms with van der Waals surface area (Å²) in [6.45, 7) is 5.31. The highest BCUT2D eigenvalue weighted by atomic mass is 35.5. The fourth-order valence-corrected chi connectivity index (χ4v) is 10.5. The Labute approximate surface area is 318 Å². The van der Waals surface area contributed by atoms with Crippen LogP contribution in [0.2, 0.25) is 5.02 Å². The van der Waals surface area contributed by atoms with Gasteiger partial charge in [-0.25, -0.2) is 22.9 Å². The lowest BCUT2D eigenvalue weighted by Crippen LogP contribution is -2.62. The van der Waals surface area contributed by atoms with E-state index in [0.29, 0.717) is 56.2 Å². The minimum Gasteiger partial charge on any atom is -0.461 e. The number of carbonyl (C=O) groups is 1. The molecule has 16 heteroatoms. The van der Waals surface area contributed by atoms with E-state index in [-0.39, 0.29) is 66.4 Å². The highest BCUT2D eigenvalue weighted by molar-refractivity contribution is 7.23. The van der Waals surface area contributed by atoms with Gasteiger partial charge in [0, 0.05) is 73.3 Å². The van der Waals surface area contributed by atoms with E-state index in [1.165, 1.54) is 12.1 Å². The third-order valence-corrected chi connectivity index (χ3v) is 13.2. The lowest BCUT2D eigenvalue weighted by atomic mass is 9.76. The van der Waals surface area contributed by atoms with E-state index in [2.05, 4.69) is 19.8 Å². The van der Waals surface area contributed by atoms with Crippen molar-refractivity contribution in [2.24, 2.45) is 5.41 Å². The van der Waals surface area contributed by atoms with E-state index < -0.39 is 23.3 Å². The van der Waals surface area contributed by atoms with Crippen LogP contribution in [-0.4, -0.2) is 92.9 Å². The van der Waals surface area contributed by atoms with Crippen molar-refractivity contribution in [1.82, 2.24) is 29.3 Å². The molecule has 7 heterocycles. The predicted octanol–water partition coefficient (Wildman–Crippen LogP) is 7.32. The predicted molar refractivity (Wildman–Crippen MR) is 201 cm³/mol. The van der Waals surface area contributed by atoms with Gasteiger partial charge in [0.2, 0.25) is 0 Å². The molecule has 4 saturated heterocycles. The molecule has 0 unspecified atom stereocenters. The van der Waals surface area contributed by atoms with E-state index in [1.54, 1.807) is 30.0 Å². The molecule has 0 aliphatic carbocycles. The molecule has 11 nitrogen and oxygen atoms in total. The van der Waals surface area contributed by atoms with E-state index in [0.717, 1.165) is 50.0 Å².